The van der Waals surface area contributed by atoms with Crippen molar-refractivity contribution in [2.75, 3.05) is 13.1 Å². The number of nitrogens with one attached hydrogen (secondary N) is 1. The van der Waals surface area contributed by atoms with Gasteiger partial charge in [-0.25, -0.2) is 0 Å². The maximum Gasteiger partial charge on any atom is 0.405 e. The van der Waals surface area contributed by atoms with Gasteiger partial charge in [0.1, 0.15) is 6.54 Å². The topological polar surface area (TPSA) is 49.4 Å². The molecule has 20 heavy (non-hydrogen) atoms. The van der Waals surface area contributed by atoms with E-state index in [1.165, 1.54) is 0 Å². The molecule has 2 rings (SSSR count). The first-order valence-corrected chi connectivity index (χ1v) is 7.01. The van der Waals surface area contributed by atoms with E-state index in [1.807, 2.05) is 5.32 Å². The molecule has 1 aliphatic heterocycles. The van der Waals surface area contributed by atoms with Gasteiger partial charge in [0.25, 0.3) is 0 Å². The summed E-state index contributed by atoms with van der Waals surface area (Å²) < 4.78 is 36.3. The van der Waals surface area contributed by atoms with Crippen LogP contribution in [-0.4, -0.2) is 42.0 Å². The summed E-state index contributed by atoms with van der Waals surface area (Å²) in [6.07, 6.45) is 0.196. The van der Waals surface area contributed by atoms with Gasteiger partial charge >= 0.3 is 6.18 Å². The van der Waals surface area contributed by atoms with E-state index in [0.717, 1.165) is 25.7 Å². The number of likely N-dealkylation sites (tertiary alicyclic amines) is 1. The molecular formula is C13H19F3N2O2. The largest absolute Gasteiger partial charge is 0.405 e. The van der Waals surface area contributed by atoms with Gasteiger partial charge in [0.15, 0.2) is 0 Å². The number of hydrogen-bond acceptors (Lipinski definition) is 2. The number of piperidine rings is 1. The van der Waals surface area contributed by atoms with Gasteiger partial charge < -0.3 is 10.2 Å². The molecule has 1 saturated heterocycles. The van der Waals surface area contributed by atoms with Crippen LogP contribution in [0.4, 0.5) is 13.2 Å². The Bertz CT molecular complexity index is 378. The molecule has 0 aromatic carbocycles. The molecule has 1 atom stereocenters. The zero-order valence-electron chi connectivity index (χ0n) is 11.2. The second-order valence-electron chi connectivity index (χ2n) is 5.55. The van der Waals surface area contributed by atoms with Gasteiger partial charge in [-0.05, 0) is 19.3 Å². The van der Waals surface area contributed by atoms with Crippen LogP contribution in [0.25, 0.3) is 0 Å². The van der Waals surface area contributed by atoms with E-state index in [0.29, 0.717) is 6.42 Å². The summed E-state index contributed by atoms with van der Waals surface area (Å²) in [6, 6.07) is 0.167. The quantitative estimate of drug-likeness (QED) is 0.863. The highest BCUT2D eigenvalue weighted by atomic mass is 19.4. The molecule has 0 aromatic heterocycles. The van der Waals surface area contributed by atoms with Crippen molar-refractivity contribution >= 4 is 11.8 Å². The number of carbonyl (C=O) groups is 2. The smallest absolute Gasteiger partial charge is 0.347 e. The van der Waals surface area contributed by atoms with Crippen molar-refractivity contribution in [2.45, 2.75) is 50.7 Å². The van der Waals surface area contributed by atoms with Crippen LogP contribution in [0, 0.1) is 5.92 Å². The van der Waals surface area contributed by atoms with Crippen molar-refractivity contribution in [1.82, 2.24) is 10.2 Å². The predicted molar refractivity (Wildman–Crippen MR) is 65.8 cm³/mol. The van der Waals surface area contributed by atoms with Gasteiger partial charge in [-0.3, -0.25) is 9.59 Å². The molecule has 2 fully saturated rings. The molecule has 114 valence electrons. The summed E-state index contributed by atoms with van der Waals surface area (Å²) in [5, 5.41) is 1.92. The average molecular weight is 292 g/mol. The van der Waals surface area contributed by atoms with Gasteiger partial charge in [-0.1, -0.05) is 12.8 Å². The second kappa shape index (κ2) is 6.01. The molecule has 4 nitrogen and oxygen atoms in total. The molecule has 1 aliphatic carbocycles. The van der Waals surface area contributed by atoms with E-state index >= 15 is 0 Å². The molecule has 2 amide bonds. The van der Waals surface area contributed by atoms with Crippen LogP contribution in [0.5, 0.6) is 0 Å². The number of rotatable bonds is 3. The molecule has 1 N–H and O–H groups in total. The van der Waals surface area contributed by atoms with Crippen molar-refractivity contribution in [3.05, 3.63) is 0 Å². The van der Waals surface area contributed by atoms with E-state index in [2.05, 4.69) is 0 Å². The fourth-order valence-corrected chi connectivity index (χ4v) is 2.99. The van der Waals surface area contributed by atoms with Crippen molar-refractivity contribution in [2.24, 2.45) is 5.92 Å². The van der Waals surface area contributed by atoms with Crippen molar-refractivity contribution < 1.29 is 22.8 Å². The minimum Gasteiger partial charge on any atom is -0.347 e. The van der Waals surface area contributed by atoms with Crippen LogP contribution in [0.3, 0.4) is 0 Å². The van der Waals surface area contributed by atoms with Crippen LogP contribution >= 0.6 is 0 Å². The highest BCUT2D eigenvalue weighted by molar-refractivity contribution is 5.84. The Morgan fingerprint density at radius 1 is 1.25 bits per heavy atom. The molecule has 1 heterocycles. The summed E-state index contributed by atoms with van der Waals surface area (Å²) >= 11 is 0. The third-order valence-electron chi connectivity index (χ3n) is 4.04. The summed E-state index contributed by atoms with van der Waals surface area (Å²) in [5.74, 6) is -1.09. The van der Waals surface area contributed by atoms with Crippen molar-refractivity contribution in [1.29, 1.82) is 0 Å². The first-order chi connectivity index (χ1) is 9.37. The van der Waals surface area contributed by atoms with Crippen LogP contribution in [0.15, 0.2) is 0 Å². The molecule has 0 spiro atoms. The van der Waals surface area contributed by atoms with Gasteiger partial charge in [0.05, 0.1) is 5.92 Å². The Kier molecular flexibility index (Phi) is 4.55. The molecule has 1 unspecified atom stereocenters. The Morgan fingerprint density at radius 2 is 1.90 bits per heavy atom. The number of hydrogen-bond donors (Lipinski definition) is 1. The normalized spacial score (nSPS) is 25.1. The van der Waals surface area contributed by atoms with E-state index in [9.17, 15) is 22.8 Å². The first kappa shape index (κ1) is 15.1. The van der Waals surface area contributed by atoms with Crippen LogP contribution in [0.1, 0.15) is 38.5 Å². The third-order valence-corrected chi connectivity index (χ3v) is 4.04. The Morgan fingerprint density at radius 3 is 2.50 bits per heavy atom. The zero-order chi connectivity index (χ0) is 14.8. The van der Waals surface area contributed by atoms with Crippen molar-refractivity contribution in [3.8, 4) is 0 Å². The zero-order valence-corrected chi connectivity index (χ0v) is 11.2. The highest BCUT2D eigenvalue weighted by Crippen LogP contribution is 2.28. The maximum atomic E-state index is 12.1. The third kappa shape index (κ3) is 3.86. The Balaban J connectivity index is 1.89. The molecule has 0 bridgehead atoms. The number of carbonyl (C=O) groups excluding carboxylic acids is 2. The van der Waals surface area contributed by atoms with Gasteiger partial charge in [-0.15, -0.1) is 0 Å². The Labute approximate surface area is 115 Å². The van der Waals surface area contributed by atoms with Crippen LogP contribution in [0.2, 0.25) is 0 Å². The SMILES string of the molecule is O=C(NCC(F)(F)F)C1CCC(=O)N(C2CCCC2)C1. The molecule has 0 aromatic rings. The maximum absolute atomic E-state index is 12.1. The fraction of sp³-hybridized carbons (Fsp3) is 0.846. The summed E-state index contributed by atoms with van der Waals surface area (Å²) in [5.41, 5.74) is 0. The van der Waals surface area contributed by atoms with Crippen molar-refractivity contribution in [3.63, 3.8) is 0 Å². The summed E-state index contributed by atoms with van der Waals surface area (Å²) in [7, 11) is 0. The lowest BCUT2D eigenvalue weighted by Gasteiger charge is -2.36. The fourth-order valence-electron chi connectivity index (χ4n) is 2.99. The van der Waals surface area contributed by atoms with Gasteiger partial charge in [-0.2, -0.15) is 13.2 Å². The van der Waals surface area contributed by atoms with Gasteiger partial charge in [0, 0.05) is 19.0 Å². The summed E-state index contributed by atoms with van der Waals surface area (Å²) in [6.45, 7) is -1.05. The predicted octanol–water partition coefficient (Wildman–Crippen LogP) is 1.85. The number of nitrogens with zero attached hydrogens (tertiary/aromatic N) is 1. The second-order valence-corrected chi connectivity index (χ2v) is 5.55. The van der Waals surface area contributed by atoms with E-state index in [4.69, 9.17) is 0 Å². The molecule has 7 heteroatoms. The Hall–Kier alpha value is -1.27. The van der Waals surface area contributed by atoms with E-state index in [1.54, 1.807) is 4.90 Å². The van der Waals surface area contributed by atoms with E-state index < -0.39 is 24.5 Å². The lowest BCUT2D eigenvalue weighted by Crippen LogP contribution is -2.50. The summed E-state index contributed by atoms with van der Waals surface area (Å²) in [4.78, 5) is 25.3. The first-order valence-electron chi connectivity index (χ1n) is 7.01. The van der Waals surface area contributed by atoms with Gasteiger partial charge in [0.2, 0.25) is 11.8 Å². The standard InChI is InChI=1S/C13H19F3N2O2/c14-13(15,16)8-17-12(20)9-5-6-11(19)18(7-9)10-3-1-2-4-10/h9-10H,1-8H2,(H,17,20). The monoisotopic (exact) mass is 292 g/mol. The van der Waals surface area contributed by atoms with Crippen LogP contribution < -0.4 is 5.32 Å². The molecule has 1 saturated carbocycles. The van der Waals surface area contributed by atoms with E-state index in [-0.39, 0.29) is 24.9 Å². The lowest BCUT2D eigenvalue weighted by atomic mass is 9.95. The minimum atomic E-state index is -4.40. The number of alkyl halides is 3. The lowest BCUT2D eigenvalue weighted by molar-refractivity contribution is -0.146. The molecule has 0 radical (unpaired) electrons. The molecule has 2 aliphatic rings. The molecular weight excluding hydrogens is 273 g/mol. The number of amides is 2. The minimum absolute atomic E-state index is 0.0248. The number of halogens is 3. The van der Waals surface area contributed by atoms with Crippen LogP contribution in [-0.2, 0) is 9.59 Å². The highest BCUT2D eigenvalue weighted by Gasteiger charge is 2.36. The average Bonchev–Trinajstić information content (AvgIpc) is 2.89.